The highest BCUT2D eigenvalue weighted by Crippen LogP contribution is 2.35. The number of ketones is 1. The number of carbonyl (C=O) groups is 1. The fourth-order valence-electron chi connectivity index (χ4n) is 3.63. The Morgan fingerprint density at radius 3 is 2.38 bits per heavy atom. The smallest absolute Gasteiger partial charge is 0.180 e. The summed E-state index contributed by atoms with van der Waals surface area (Å²) in [6, 6.07) is 3.72. The Morgan fingerprint density at radius 2 is 1.71 bits per heavy atom. The quantitative estimate of drug-likeness (QED) is 0.929. The average Bonchev–Trinajstić information content (AvgIpc) is 2.55. The standard InChI is InChI=1S/C17H23NO3/c1-20-14-8-12-10-18-16(11-6-4-3-5-7-11)17(19)13(12)9-15(14)21-2/h8-9,11,16,18H,3-7,10H2,1-2H3/t16-/m1/s1. The van der Waals surface area contributed by atoms with E-state index in [0.717, 1.165) is 30.5 Å². The van der Waals surface area contributed by atoms with Gasteiger partial charge < -0.3 is 14.8 Å². The number of methoxy groups -OCH3 is 2. The molecule has 0 amide bonds. The van der Waals surface area contributed by atoms with Gasteiger partial charge in [-0.2, -0.15) is 0 Å². The van der Waals surface area contributed by atoms with Gasteiger partial charge in [0.1, 0.15) is 0 Å². The lowest BCUT2D eigenvalue weighted by Crippen LogP contribution is -2.46. The molecule has 0 aromatic heterocycles. The van der Waals surface area contributed by atoms with Crippen molar-refractivity contribution < 1.29 is 14.3 Å². The zero-order valence-corrected chi connectivity index (χ0v) is 12.8. The van der Waals surface area contributed by atoms with Crippen molar-refractivity contribution in [2.45, 2.75) is 44.7 Å². The third-order valence-corrected chi connectivity index (χ3v) is 4.79. The number of fused-ring (bicyclic) bond motifs is 1. The summed E-state index contributed by atoms with van der Waals surface area (Å²) in [5.74, 6) is 2.01. The van der Waals surface area contributed by atoms with Crippen LogP contribution in [0.25, 0.3) is 0 Å². The number of Topliss-reactive ketones (excluding diaryl/α,β-unsaturated/α-hetero) is 1. The second kappa shape index (κ2) is 6.06. The van der Waals surface area contributed by atoms with Crippen LogP contribution < -0.4 is 14.8 Å². The molecule has 1 aromatic rings. The van der Waals surface area contributed by atoms with Gasteiger partial charge in [0.15, 0.2) is 17.3 Å². The van der Waals surface area contributed by atoms with Crippen molar-refractivity contribution in [3.8, 4) is 11.5 Å². The summed E-state index contributed by atoms with van der Waals surface area (Å²) >= 11 is 0. The number of hydrogen-bond donors (Lipinski definition) is 1. The number of ether oxygens (including phenoxy) is 2. The van der Waals surface area contributed by atoms with Gasteiger partial charge in [-0.05, 0) is 36.5 Å². The molecule has 0 spiro atoms. The van der Waals surface area contributed by atoms with Crippen LogP contribution in [-0.2, 0) is 6.54 Å². The van der Waals surface area contributed by atoms with Crippen LogP contribution in [0.1, 0.15) is 48.0 Å². The van der Waals surface area contributed by atoms with E-state index in [2.05, 4.69) is 5.32 Å². The lowest BCUT2D eigenvalue weighted by molar-refractivity contribution is 0.0869. The molecule has 1 heterocycles. The molecule has 1 aromatic carbocycles. The first-order chi connectivity index (χ1) is 10.2. The lowest BCUT2D eigenvalue weighted by atomic mass is 9.79. The fourth-order valence-corrected chi connectivity index (χ4v) is 3.63. The predicted molar refractivity (Wildman–Crippen MR) is 81.1 cm³/mol. The first kappa shape index (κ1) is 14.4. The first-order valence-electron chi connectivity index (χ1n) is 7.77. The summed E-state index contributed by atoms with van der Waals surface area (Å²) < 4.78 is 10.7. The maximum Gasteiger partial charge on any atom is 0.180 e. The van der Waals surface area contributed by atoms with Crippen molar-refractivity contribution in [1.82, 2.24) is 5.32 Å². The molecule has 114 valence electrons. The summed E-state index contributed by atoms with van der Waals surface area (Å²) in [5.41, 5.74) is 1.80. The Morgan fingerprint density at radius 1 is 1.05 bits per heavy atom. The lowest BCUT2D eigenvalue weighted by Gasteiger charge is -2.33. The van der Waals surface area contributed by atoms with Crippen molar-refractivity contribution in [2.75, 3.05) is 14.2 Å². The number of nitrogens with one attached hydrogen (secondary N) is 1. The van der Waals surface area contributed by atoms with Crippen LogP contribution in [-0.4, -0.2) is 26.0 Å². The van der Waals surface area contributed by atoms with Crippen molar-refractivity contribution in [1.29, 1.82) is 0 Å². The van der Waals surface area contributed by atoms with Gasteiger partial charge in [0.2, 0.25) is 0 Å². The summed E-state index contributed by atoms with van der Waals surface area (Å²) in [5, 5.41) is 3.44. The summed E-state index contributed by atoms with van der Waals surface area (Å²) in [4.78, 5) is 12.8. The van der Waals surface area contributed by atoms with E-state index in [1.807, 2.05) is 12.1 Å². The molecule has 21 heavy (non-hydrogen) atoms. The van der Waals surface area contributed by atoms with E-state index in [1.165, 1.54) is 19.3 Å². The zero-order chi connectivity index (χ0) is 14.8. The van der Waals surface area contributed by atoms with Crippen LogP contribution >= 0.6 is 0 Å². The van der Waals surface area contributed by atoms with E-state index in [4.69, 9.17) is 9.47 Å². The topological polar surface area (TPSA) is 47.6 Å². The van der Waals surface area contributed by atoms with Gasteiger partial charge in [-0.15, -0.1) is 0 Å². The molecule has 1 atom stereocenters. The normalized spacial score (nSPS) is 22.8. The zero-order valence-electron chi connectivity index (χ0n) is 12.8. The first-order valence-corrected chi connectivity index (χ1v) is 7.77. The van der Waals surface area contributed by atoms with Crippen LogP contribution in [0.15, 0.2) is 12.1 Å². The molecular formula is C17H23NO3. The van der Waals surface area contributed by atoms with Crippen molar-refractivity contribution in [3.05, 3.63) is 23.3 Å². The van der Waals surface area contributed by atoms with E-state index in [-0.39, 0.29) is 11.8 Å². The second-order valence-corrected chi connectivity index (χ2v) is 5.99. The molecule has 0 unspecified atom stereocenters. The molecule has 1 aliphatic carbocycles. The van der Waals surface area contributed by atoms with Gasteiger partial charge in [0.05, 0.1) is 20.3 Å². The molecule has 3 rings (SSSR count). The Kier molecular flexibility index (Phi) is 4.15. The van der Waals surface area contributed by atoms with Crippen molar-refractivity contribution in [2.24, 2.45) is 5.92 Å². The van der Waals surface area contributed by atoms with Crippen LogP contribution in [0.4, 0.5) is 0 Å². The highest BCUT2D eigenvalue weighted by atomic mass is 16.5. The molecule has 4 heteroatoms. The molecular weight excluding hydrogens is 266 g/mol. The Bertz CT molecular complexity index is 535. The van der Waals surface area contributed by atoms with Gasteiger partial charge in [0.25, 0.3) is 0 Å². The highest BCUT2D eigenvalue weighted by Gasteiger charge is 2.34. The molecule has 0 radical (unpaired) electrons. The molecule has 1 fully saturated rings. The van der Waals surface area contributed by atoms with E-state index in [1.54, 1.807) is 14.2 Å². The van der Waals surface area contributed by atoms with Crippen LogP contribution in [0.2, 0.25) is 0 Å². The van der Waals surface area contributed by atoms with E-state index >= 15 is 0 Å². The molecule has 2 aliphatic rings. The average molecular weight is 289 g/mol. The SMILES string of the molecule is COc1cc2c(cc1OC)C(=O)[C@@H](C1CCCCC1)NC2. The van der Waals surface area contributed by atoms with Gasteiger partial charge in [-0.25, -0.2) is 0 Å². The molecule has 1 N–H and O–H groups in total. The largest absolute Gasteiger partial charge is 0.493 e. The van der Waals surface area contributed by atoms with E-state index in [9.17, 15) is 4.79 Å². The van der Waals surface area contributed by atoms with Gasteiger partial charge in [-0.3, -0.25) is 4.79 Å². The minimum Gasteiger partial charge on any atom is -0.493 e. The Labute approximate surface area is 125 Å². The van der Waals surface area contributed by atoms with E-state index in [0.29, 0.717) is 17.4 Å². The Balaban J connectivity index is 1.90. The molecule has 1 aliphatic heterocycles. The minimum atomic E-state index is -0.0316. The third-order valence-electron chi connectivity index (χ3n) is 4.79. The molecule has 0 saturated heterocycles. The van der Waals surface area contributed by atoms with Crippen LogP contribution in [0.3, 0.4) is 0 Å². The predicted octanol–water partition coefficient (Wildman–Crippen LogP) is 2.94. The monoisotopic (exact) mass is 289 g/mol. The highest BCUT2D eigenvalue weighted by molar-refractivity contribution is 6.03. The number of benzene rings is 1. The fraction of sp³-hybridized carbons (Fsp3) is 0.588. The van der Waals surface area contributed by atoms with Gasteiger partial charge >= 0.3 is 0 Å². The number of rotatable bonds is 3. The maximum absolute atomic E-state index is 12.8. The Hall–Kier alpha value is -1.55. The molecule has 0 bridgehead atoms. The summed E-state index contributed by atoms with van der Waals surface area (Å²) in [7, 11) is 3.22. The van der Waals surface area contributed by atoms with Crippen LogP contribution in [0, 0.1) is 5.92 Å². The van der Waals surface area contributed by atoms with Gasteiger partial charge in [0, 0.05) is 12.1 Å². The van der Waals surface area contributed by atoms with E-state index < -0.39 is 0 Å². The molecule has 4 nitrogen and oxygen atoms in total. The van der Waals surface area contributed by atoms with Gasteiger partial charge in [-0.1, -0.05) is 19.3 Å². The molecule has 1 saturated carbocycles. The van der Waals surface area contributed by atoms with Crippen molar-refractivity contribution in [3.63, 3.8) is 0 Å². The summed E-state index contributed by atoms with van der Waals surface area (Å²) in [6.45, 7) is 0.725. The third kappa shape index (κ3) is 2.64. The maximum atomic E-state index is 12.8. The second-order valence-electron chi connectivity index (χ2n) is 5.99. The number of hydrogen-bond acceptors (Lipinski definition) is 4. The minimum absolute atomic E-state index is 0.0316. The van der Waals surface area contributed by atoms with Crippen LogP contribution in [0.5, 0.6) is 11.5 Å². The summed E-state index contributed by atoms with van der Waals surface area (Å²) in [6.07, 6.45) is 6.11. The number of carbonyl (C=O) groups excluding carboxylic acids is 1. The van der Waals surface area contributed by atoms with Crippen molar-refractivity contribution >= 4 is 5.78 Å².